The number of hydrogen-bond acceptors (Lipinski definition) is 5. The Labute approximate surface area is 143 Å². The largest absolute Gasteiger partial charge is 0.308 e. The Morgan fingerprint density at radius 1 is 1.21 bits per heavy atom. The molecule has 0 fully saturated rings. The smallest absolute Gasteiger partial charge is 0.299 e. The number of rotatable bonds is 6. The summed E-state index contributed by atoms with van der Waals surface area (Å²) in [6.45, 7) is 2.82. The minimum Gasteiger partial charge on any atom is -0.299 e. The minimum absolute atomic E-state index is 0.0638. The lowest BCUT2D eigenvalue weighted by molar-refractivity contribution is 0.581. The third-order valence-corrected chi connectivity index (χ3v) is 5.95. The SMILES string of the molecule is CCCn1c(=O)sc2cc(S(=O)(=O)NCc3ccncc3)ccc21. The van der Waals surface area contributed by atoms with Gasteiger partial charge in [-0.1, -0.05) is 18.3 Å². The fourth-order valence-corrected chi connectivity index (χ4v) is 4.49. The highest BCUT2D eigenvalue weighted by Crippen LogP contribution is 2.22. The van der Waals surface area contributed by atoms with Gasteiger partial charge < -0.3 is 0 Å². The third kappa shape index (κ3) is 3.40. The molecule has 0 unspecified atom stereocenters. The summed E-state index contributed by atoms with van der Waals surface area (Å²) in [5, 5.41) is 0. The van der Waals surface area contributed by atoms with Crippen molar-refractivity contribution in [2.24, 2.45) is 0 Å². The summed E-state index contributed by atoms with van der Waals surface area (Å²) in [6.07, 6.45) is 4.08. The maximum absolute atomic E-state index is 12.5. The predicted molar refractivity (Wildman–Crippen MR) is 94.6 cm³/mol. The highest BCUT2D eigenvalue weighted by Gasteiger charge is 2.16. The van der Waals surface area contributed by atoms with E-state index in [9.17, 15) is 13.2 Å². The molecule has 0 aliphatic rings. The van der Waals surface area contributed by atoms with E-state index in [1.165, 1.54) is 6.07 Å². The van der Waals surface area contributed by atoms with Crippen molar-refractivity contribution in [3.05, 3.63) is 58.0 Å². The van der Waals surface area contributed by atoms with Crippen LogP contribution in [0.2, 0.25) is 0 Å². The van der Waals surface area contributed by atoms with E-state index >= 15 is 0 Å². The van der Waals surface area contributed by atoms with Gasteiger partial charge in [-0.2, -0.15) is 0 Å². The molecular formula is C16H17N3O3S2. The van der Waals surface area contributed by atoms with Crippen LogP contribution in [0.25, 0.3) is 10.2 Å². The van der Waals surface area contributed by atoms with Crippen molar-refractivity contribution in [2.45, 2.75) is 31.3 Å². The van der Waals surface area contributed by atoms with Crippen molar-refractivity contribution in [1.82, 2.24) is 14.3 Å². The number of thiazole rings is 1. The summed E-state index contributed by atoms with van der Waals surface area (Å²) in [6, 6.07) is 8.30. The van der Waals surface area contributed by atoms with Crippen molar-refractivity contribution in [3.8, 4) is 0 Å². The fourth-order valence-electron chi connectivity index (χ4n) is 2.41. The standard InChI is InChI=1S/C16H17N3O3S2/c1-2-9-19-14-4-3-13(10-15(14)23-16(19)20)24(21,22)18-11-12-5-7-17-8-6-12/h3-8,10,18H,2,9,11H2,1H3. The maximum Gasteiger partial charge on any atom is 0.308 e. The molecule has 3 aromatic rings. The predicted octanol–water partition coefficient (Wildman–Crippen LogP) is 2.35. The van der Waals surface area contributed by atoms with Crippen LogP contribution in [0.15, 0.2) is 52.4 Å². The van der Waals surface area contributed by atoms with E-state index in [4.69, 9.17) is 0 Å². The lowest BCUT2D eigenvalue weighted by atomic mass is 10.3. The van der Waals surface area contributed by atoms with Gasteiger partial charge in [-0.05, 0) is 42.3 Å². The lowest BCUT2D eigenvalue weighted by Crippen LogP contribution is -2.23. The summed E-state index contributed by atoms with van der Waals surface area (Å²) in [7, 11) is -3.64. The first-order valence-electron chi connectivity index (χ1n) is 7.53. The first-order valence-corrected chi connectivity index (χ1v) is 9.83. The van der Waals surface area contributed by atoms with Gasteiger partial charge in [-0.25, -0.2) is 13.1 Å². The molecule has 0 spiro atoms. The molecule has 126 valence electrons. The second kappa shape index (κ2) is 6.84. The minimum atomic E-state index is -3.64. The van der Waals surface area contributed by atoms with Crippen LogP contribution in [-0.2, 0) is 23.1 Å². The molecule has 0 bridgehead atoms. The van der Waals surface area contributed by atoms with E-state index < -0.39 is 10.0 Å². The fraction of sp³-hybridized carbons (Fsp3) is 0.250. The van der Waals surface area contributed by atoms with Crippen LogP contribution in [0.4, 0.5) is 0 Å². The van der Waals surface area contributed by atoms with Gasteiger partial charge in [0.2, 0.25) is 10.0 Å². The molecule has 0 amide bonds. The highest BCUT2D eigenvalue weighted by atomic mass is 32.2. The van der Waals surface area contributed by atoms with E-state index in [-0.39, 0.29) is 16.3 Å². The summed E-state index contributed by atoms with van der Waals surface area (Å²) in [4.78, 5) is 16.0. The molecule has 2 aromatic heterocycles. The Morgan fingerprint density at radius 2 is 1.96 bits per heavy atom. The topological polar surface area (TPSA) is 81.1 Å². The summed E-state index contributed by atoms with van der Waals surface area (Å²) in [5.74, 6) is 0. The van der Waals surface area contributed by atoms with Gasteiger partial charge in [-0.15, -0.1) is 0 Å². The molecule has 6 nitrogen and oxygen atoms in total. The Bertz CT molecular complexity index is 1010. The van der Waals surface area contributed by atoms with Crippen molar-refractivity contribution in [2.75, 3.05) is 0 Å². The van der Waals surface area contributed by atoms with Crippen LogP contribution in [0.5, 0.6) is 0 Å². The number of nitrogens with zero attached hydrogens (tertiary/aromatic N) is 2. The number of aromatic nitrogens is 2. The number of hydrogen-bond donors (Lipinski definition) is 1. The number of benzene rings is 1. The number of nitrogens with one attached hydrogen (secondary N) is 1. The Morgan fingerprint density at radius 3 is 2.67 bits per heavy atom. The van der Waals surface area contributed by atoms with Crippen molar-refractivity contribution in [1.29, 1.82) is 0 Å². The normalized spacial score (nSPS) is 11.9. The molecule has 0 radical (unpaired) electrons. The first-order chi connectivity index (χ1) is 11.5. The van der Waals surface area contributed by atoms with Gasteiger partial charge >= 0.3 is 4.87 Å². The molecule has 24 heavy (non-hydrogen) atoms. The lowest BCUT2D eigenvalue weighted by Gasteiger charge is -2.07. The van der Waals surface area contributed by atoms with Crippen LogP contribution in [0.3, 0.4) is 0 Å². The molecule has 3 rings (SSSR count). The third-order valence-electron chi connectivity index (χ3n) is 3.61. The van der Waals surface area contributed by atoms with Crippen LogP contribution in [0, 0.1) is 0 Å². The first kappa shape index (κ1) is 16.8. The number of pyridine rings is 1. The van der Waals surface area contributed by atoms with Gasteiger partial charge in [-0.3, -0.25) is 14.3 Å². The maximum atomic E-state index is 12.5. The van der Waals surface area contributed by atoms with Crippen molar-refractivity contribution >= 4 is 31.6 Å². The zero-order chi connectivity index (χ0) is 17.2. The second-order valence-corrected chi connectivity index (χ2v) is 8.09. The number of sulfonamides is 1. The molecule has 1 N–H and O–H groups in total. The van der Waals surface area contributed by atoms with E-state index in [0.29, 0.717) is 11.2 Å². The molecule has 0 saturated heterocycles. The molecule has 0 aliphatic heterocycles. The zero-order valence-electron chi connectivity index (χ0n) is 13.1. The van der Waals surface area contributed by atoms with Gasteiger partial charge in [0.25, 0.3) is 0 Å². The molecule has 1 aromatic carbocycles. The highest BCUT2D eigenvalue weighted by molar-refractivity contribution is 7.89. The quantitative estimate of drug-likeness (QED) is 0.729. The van der Waals surface area contributed by atoms with Gasteiger partial charge in [0, 0.05) is 25.5 Å². The van der Waals surface area contributed by atoms with E-state index in [1.54, 1.807) is 41.2 Å². The number of aryl methyl sites for hydroxylation is 1. The van der Waals surface area contributed by atoms with Crippen LogP contribution >= 0.6 is 11.3 Å². The van der Waals surface area contributed by atoms with Gasteiger partial charge in [0.05, 0.1) is 15.1 Å². The van der Waals surface area contributed by atoms with E-state index in [0.717, 1.165) is 28.8 Å². The summed E-state index contributed by atoms with van der Waals surface area (Å²) in [5.41, 5.74) is 1.60. The Balaban J connectivity index is 1.89. The Hall–Kier alpha value is -2.03. The average Bonchev–Trinajstić information content (AvgIpc) is 2.89. The monoisotopic (exact) mass is 363 g/mol. The van der Waals surface area contributed by atoms with Crippen LogP contribution < -0.4 is 9.60 Å². The summed E-state index contributed by atoms with van der Waals surface area (Å²) < 4.78 is 29.8. The van der Waals surface area contributed by atoms with Crippen LogP contribution in [-0.4, -0.2) is 18.0 Å². The van der Waals surface area contributed by atoms with Gasteiger partial charge in [0.1, 0.15) is 0 Å². The molecule has 0 atom stereocenters. The van der Waals surface area contributed by atoms with Gasteiger partial charge in [0.15, 0.2) is 0 Å². The summed E-state index contributed by atoms with van der Waals surface area (Å²) >= 11 is 1.07. The molecule has 8 heteroatoms. The van der Waals surface area contributed by atoms with E-state index in [1.807, 2.05) is 6.92 Å². The molecule has 0 saturated carbocycles. The van der Waals surface area contributed by atoms with Crippen molar-refractivity contribution in [3.63, 3.8) is 0 Å². The Kier molecular flexibility index (Phi) is 4.79. The van der Waals surface area contributed by atoms with Crippen molar-refractivity contribution < 1.29 is 8.42 Å². The zero-order valence-corrected chi connectivity index (χ0v) is 14.7. The molecule has 0 aliphatic carbocycles. The average molecular weight is 363 g/mol. The number of fused-ring (bicyclic) bond motifs is 1. The van der Waals surface area contributed by atoms with Crippen LogP contribution in [0.1, 0.15) is 18.9 Å². The molecular weight excluding hydrogens is 346 g/mol. The molecule has 2 heterocycles. The second-order valence-electron chi connectivity index (χ2n) is 5.33. The van der Waals surface area contributed by atoms with E-state index in [2.05, 4.69) is 9.71 Å².